The van der Waals surface area contributed by atoms with Gasteiger partial charge in [-0.15, -0.1) is 0 Å². The molecule has 4 aromatic carbocycles. The summed E-state index contributed by atoms with van der Waals surface area (Å²) in [5.41, 5.74) is 5.10. The standard InChI is InChI=1S/C31H33N2O3S.ClH.Ru/c1-24-13-17-26(18-14-24)23-36-22-21-32-30(27-9-5-3-6-10-27)31(28-11-7-4-8-12-28)33-37(34,35)29-19-15-25(2)16-20-29;;/h3-20,30-32H,21-23H2,1-2H3;1H;/q-1;;+2/p-1/t30-,31-;;/m1../s1. The first-order chi connectivity index (χ1) is 18.9. The summed E-state index contributed by atoms with van der Waals surface area (Å²) in [6.07, 6.45) is 0. The quantitative estimate of drug-likeness (QED) is 0.129. The summed E-state index contributed by atoms with van der Waals surface area (Å²) >= 11 is 1.82. The zero-order valence-corrected chi connectivity index (χ0v) is 25.3. The molecule has 2 atom stereocenters. The van der Waals surface area contributed by atoms with Crippen molar-refractivity contribution in [2.75, 3.05) is 13.2 Å². The Bertz CT molecular complexity index is 1350. The summed E-state index contributed by atoms with van der Waals surface area (Å²) in [4.78, 5) is 0.187. The number of nitrogens with zero attached hydrogens (tertiary/aromatic N) is 1. The molecule has 0 bridgehead atoms. The fraction of sp³-hybridized carbons (Fsp3) is 0.226. The van der Waals surface area contributed by atoms with Crippen molar-refractivity contribution in [3.63, 3.8) is 0 Å². The van der Waals surface area contributed by atoms with Crippen LogP contribution in [0.15, 0.2) is 114 Å². The fourth-order valence-corrected chi connectivity index (χ4v) is 5.26. The van der Waals surface area contributed by atoms with Crippen LogP contribution >= 0.6 is 9.69 Å². The van der Waals surface area contributed by atoms with Crippen molar-refractivity contribution < 1.29 is 30.5 Å². The van der Waals surface area contributed by atoms with Crippen LogP contribution in [0.5, 0.6) is 0 Å². The van der Waals surface area contributed by atoms with Gasteiger partial charge in [-0.1, -0.05) is 120 Å². The molecular weight excluding hydrogens is 617 g/mol. The Morgan fingerprint density at radius 3 is 1.85 bits per heavy atom. The van der Waals surface area contributed by atoms with Gasteiger partial charge in [0.05, 0.1) is 13.2 Å². The third-order valence-electron chi connectivity index (χ3n) is 6.19. The van der Waals surface area contributed by atoms with E-state index in [1.807, 2.05) is 84.9 Å². The number of hydrogen-bond acceptors (Lipinski definition) is 4. The molecule has 0 aliphatic heterocycles. The molecule has 0 radical (unpaired) electrons. The zero-order chi connectivity index (χ0) is 28.1. The van der Waals surface area contributed by atoms with Gasteiger partial charge in [0, 0.05) is 17.5 Å². The summed E-state index contributed by atoms with van der Waals surface area (Å²) in [6.45, 7) is 5.52. The minimum atomic E-state index is -3.90. The summed E-state index contributed by atoms with van der Waals surface area (Å²) < 4.78 is 37.2. The Morgan fingerprint density at radius 1 is 0.769 bits per heavy atom. The number of sulfonamides is 1. The van der Waals surface area contributed by atoms with Crippen LogP contribution in [0.4, 0.5) is 0 Å². The molecule has 0 unspecified atom stereocenters. The second-order valence-corrected chi connectivity index (χ2v) is 10.8. The minimum absolute atomic E-state index is 0.187. The van der Waals surface area contributed by atoms with Crippen LogP contribution in [0.25, 0.3) is 4.72 Å². The first-order valence-corrected chi connectivity index (χ1v) is 16.2. The molecule has 1 N–H and O–H groups in total. The Hall–Kier alpha value is -2.38. The Balaban J connectivity index is 0.00000205. The monoisotopic (exact) mass is 650 g/mol. The first-order valence-electron chi connectivity index (χ1n) is 12.6. The predicted molar refractivity (Wildman–Crippen MR) is 155 cm³/mol. The van der Waals surface area contributed by atoms with Crippen LogP contribution in [-0.2, 0) is 38.7 Å². The van der Waals surface area contributed by atoms with Gasteiger partial charge in [-0.25, -0.2) is 8.42 Å². The number of ether oxygens (including phenoxy) is 1. The fourth-order valence-electron chi connectivity index (χ4n) is 4.12. The van der Waals surface area contributed by atoms with Crippen molar-refractivity contribution >= 4 is 19.7 Å². The van der Waals surface area contributed by atoms with E-state index in [2.05, 4.69) is 50.9 Å². The number of nitrogens with one attached hydrogen (secondary N) is 1. The van der Waals surface area contributed by atoms with Crippen molar-refractivity contribution in [3.05, 3.63) is 142 Å². The van der Waals surface area contributed by atoms with Crippen molar-refractivity contribution in [3.8, 4) is 0 Å². The predicted octanol–water partition coefficient (Wildman–Crippen LogP) is 7.34. The SMILES string of the molecule is Cc1ccc(COCCN[C@H](c2ccccc2)[C@H]([N-]S(=O)(=O)c2ccc(C)cc2)c2ccccc2)cc1.[Cl][Ru+]. The molecule has 0 aromatic heterocycles. The van der Waals surface area contributed by atoms with Crippen LogP contribution in [0.2, 0.25) is 0 Å². The molecule has 0 amide bonds. The number of benzene rings is 4. The molecule has 0 saturated carbocycles. The third-order valence-corrected chi connectivity index (χ3v) is 7.56. The Labute approximate surface area is 246 Å². The molecular formula is C31H33ClN2O3RuS. The summed E-state index contributed by atoms with van der Waals surface area (Å²) in [5, 5.41) is 3.53. The molecule has 0 fully saturated rings. The van der Waals surface area contributed by atoms with E-state index in [0.717, 1.165) is 22.3 Å². The number of halogens is 1. The second kappa shape index (κ2) is 16.0. The van der Waals surface area contributed by atoms with Gasteiger partial charge in [-0.3, -0.25) is 0 Å². The number of hydrogen-bond donors (Lipinski definition) is 1. The van der Waals surface area contributed by atoms with Gasteiger partial charge in [0.15, 0.2) is 0 Å². The van der Waals surface area contributed by atoms with E-state index in [9.17, 15) is 8.42 Å². The van der Waals surface area contributed by atoms with E-state index in [0.29, 0.717) is 19.8 Å². The third kappa shape index (κ3) is 9.64. The van der Waals surface area contributed by atoms with Gasteiger partial charge in [0.25, 0.3) is 0 Å². The van der Waals surface area contributed by atoms with E-state index in [-0.39, 0.29) is 10.9 Å². The molecule has 0 heterocycles. The molecule has 8 heteroatoms. The maximum absolute atomic E-state index is 13.4. The maximum atomic E-state index is 13.4. The van der Waals surface area contributed by atoms with E-state index in [1.54, 1.807) is 24.3 Å². The van der Waals surface area contributed by atoms with Gasteiger partial charge in [-0.05, 0) is 37.1 Å². The van der Waals surface area contributed by atoms with E-state index in [1.165, 1.54) is 5.56 Å². The van der Waals surface area contributed by atoms with Gasteiger partial charge >= 0.3 is 27.0 Å². The Kier molecular flexibility index (Phi) is 12.8. The molecule has 0 spiro atoms. The molecule has 0 aliphatic carbocycles. The first kappa shape index (κ1) is 31.2. The van der Waals surface area contributed by atoms with E-state index >= 15 is 0 Å². The zero-order valence-electron chi connectivity index (χ0n) is 22.0. The molecule has 4 aromatic rings. The average Bonchev–Trinajstić information content (AvgIpc) is 2.97. The summed E-state index contributed by atoms with van der Waals surface area (Å²) in [6, 6.07) is 33.5. The van der Waals surface area contributed by atoms with Crippen LogP contribution in [0, 0.1) is 13.8 Å². The summed E-state index contributed by atoms with van der Waals surface area (Å²) in [5.74, 6) is 0. The van der Waals surface area contributed by atoms with Crippen LogP contribution < -0.4 is 5.32 Å². The average molecular weight is 650 g/mol. The number of aryl methyl sites for hydroxylation is 2. The van der Waals surface area contributed by atoms with Gasteiger partial charge in [0.1, 0.15) is 10.0 Å². The molecule has 0 saturated heterocycles. The second-order valence-electron chi connectivity index (χ2n) is 9.13. The van der Waals surface area contributed by atoms with Gasteiger partial charge in [-0.2, -0.15) is 0 Å². The van der Waals surface area contributed by atoms with Gasteiger partial charge < -0.3 is 14.8 Å². The van der Waals surface area contributed by atoms with Crippen LogP contribution in [0.3, 0.4) is 0 Å². The molecule has 206 valence electrons. The molecule has 5 nitrogen and oxygen atoms in total. The number of rotatable bonds is 12. The normalized spacial score (nSPS) is 12.7. The molecule has 39 heavy (non-hydrogen) atoms. The van der Waals surface area contributed by atoms with Crippen molar-refractivity contribution in [1.29, 1.82) is 0 Å². The van der Waals surface area contributed by atoms with Crippen molar-refractivity contribution in [2.24, 2.45) is 0 Å². The van der Waals surface area contributed by atoms with Crippen LogP contribution in [0.1, 0.15) is 39.9 Å². The van der Waals surface area contributed by atoms with E-state index in [4.69, 9.17) is 4.74 Å². The topological polar surface area (TPSA) is 69.5 Å². The molecule has 0 aliphatic rings. The van der Waals surface area contributed by atoms with E-state index < -0.39 is 16.1 Å². The molecule has 4 rings (SSSR count). The van der Waals surface area contributed by atoms with Gasteiger partial charge in [0.2, 0.25) is 0 Å². The van der Waals surface area contributed by atoms with Crippen molar-refractivity contribution in [1.82, 2.24) is 5.32 Å². The Morgan fingerprint density at radius 2 is 1.28 bits per heavy atom. The van der Waals surface area contributed by atoms with Crippen LogP contribution in [-0.4, -0.2) is 21.6 Å². The van der Waals surface area contributed by atoms with Crippen molar-refractivity contribution in [2.45, 2.75) is 37.4 Å². The summed E-state index contributed by atoms with van der Waals surface area (Å²) in [7, 11) is 0.670.